The van der Waals surface area contributed by atoms with Crippen LogP contribution in [0.4, 0.5) is 0 Å². The van der Waals surface area contributed by atoms with Crippen molar-refractivity contribution in [2.45, 2.75) is 31.9 Å². The number of pyridine rings is 1. The Labute approximate surface area is 113 Å². The maximum Gasteiger partial charge on any atom is 0.0795 e. The lowest BCUT2D eigenvalue weighted by Gasteiger charge is -2.25. The standard InChI is InChI=1S/C16H20N2O/c1-2-19-16(11-6-7-11)15(17)14-5-3-4-12-10-18-9-8-13(12)14/h3-5,8-11,15-16H,2,6-7,17H2,1H3. The Bertz CT molecular complexity index is 560. The van der Waals surface area contributed by atoms with Crippen LogP contribution < -0.4 is 5.73 Å². The second kappa shape index (κ2) is 5.27. The van der Waals surface area contributed by atoms with E-state index in [-0.39, 0.29) is 12.1 Å². The van der Waals surface area contributed by atoms with Crippen molar-refractivity contribution >= 4 is 10.8 Å². The quantitative estimate of drug-likeness (QED) is 0.894. The van der Waals surface area contributed by atoms with E-state index in [1.165, 1.54) is 23.8 Å². The molecule has 2 unspecified atom stereocenters. The molecule has 0 bridgehead atoms. The van der Waals surface area contributed by atoms with Crippen molar-refractivity contribution in [1.29, 1.82) is 0 Å². The van der Waals surface area contributed by atoms with E-state index in [9.17, 15) is 0 Å². The SMILES string of the molecule is CCOC(C1CC1)C(N)c1cccc2cnccc12. The van der Waals surface area contributed by atoms with E-state index in [4.69, 9.17) is 10.5 Å². The molecule has 1 aliphatic rings. The van der Waals surface area contributed by atoms with Crippen molar-refractivity contribution in [3.63, 3.8) is 0 Å². The van der Waals surface area contributed by atoms with Crippen LogP contribution in [0.3, 0.4) is 0 Å². The molecule has 100 valence electrons. The minimum atomic E-state index is -0.0569. The molecule has 0 radical (unpaired) electrons. The number of nitrogens with two attached hydrogens (primary N) is 1. The van der Waals surface area contributed by atoms with E-state index >= 15 is 0 Å². The van der Waals surface area contributed by atoms with Gasteiger partial charge in [-0.1, -0.05) is 18.2 Å². The summed E-state index contributed by atoms with van der Waals surface area (Å²) in [5.74, 6) is 0.632. The third-order valence-electron chi connectivity index (χ3n) is 3.87. The highest BCUT2D eigenvalue weighted by atomic mass is 16.5. The van der Waals surface area contributed by atoms with Crippen molar-refractivity contribution in [3.05, 3.63) is 42.2 Å². The zero-order valence-electron chi connectivity index (χ0n) is 11.3. The third kappa shape index (κ3) is 2.48. The number of fused-ring (bicyclic) bond motifs is 1. The van der Waals surface area contributed by atoms with E-state index in [1.807, 2.05) is 25.4 Å². The molecule has 2 atom stereocenters. The van der Waals surface area contributed by atoms with Crippen LogP contribution in [0.1, 0.15) is 31.4 Å². The third-order valence-corrected chi connectivity index (χ3v) is 3.87. The fourth-order valence-corrected chi connectivity index (χ4v) is 2.77. The molecule has 2 N–H and O–H groups in total. The molecule has 3 rings (SSSR count). The number of rotatable bonds is 5. The fraction of sp³-hybridized carbons (Fsp3) is 0.438. The normalized spacial score (nSPS) is 18.4. The molecular weight excluding hydrogens is 236 g/mol. The molecule has 0 amide bonds. The van der Waals surface area contributed by atoms with Crippen molar-refractivity contribution < 1.29 is 4.74 Å². The lowest BCUT2D eigenvalue weighted by Crippen LogP contribution is -2.31. The van der Waals surface area contributed by atoms with E-state index in [1.54, 1.807) is 0 Å². The number of ether oxygens (including phenoxy) is 1. The Morgan fingerprint density at radius 2 is 2.21 bits per heavy atom. The maximum atomic E-state index is 6.49. The Hall–Kier alpha value is -1.45. The van der Waals surface area contributed by atoms with Crippen LogP contribution in [-0.2, 0) is 4.74 Å². The summed E-state index contributed by atoms with van der Waals surface area (Å²) < 4.78 is 5.89. The van der Waals surface area contributed by atoms with Crippen molar-refractivity contribution in [2.75, 3.05) is 6.61 Å². The van der Waals surface area contributed by atoms with Crippen LogP contribution in [0.2, 0.25) is 0 Å². The molecule has 19 heavy (non-hydrogen) atoms. The summed E-state index contributed by atoms with van der Waals surface area (Å²) in [6, 6.07) is 8.22. The Morgan fingerprint density at radius 3 is 2.95 bits per heavy atom. The number of hydrogen-bond donors (Lipinski definition) is 1. The smallest absolute Gasteiger partial charge is 0.0795 e. The average molecular weight is 256 g/mol. The van der Waals surface area contributed by atoms with Crippen LogP contribution >= 0.6 is 0 Å². The maximum absolute atomic E-state index is 6.49. The summed E-state index contributed by atoms with van der Waals surface area (Å²) in [6.07, 6.45) is 6.34. The van der Waals surface area contributed by atoms with Gasteiger partial charge in [0.05, 0.1) is 12.1 Å². The molecule has 2 aromatic rings. The molecule has 0 saturated heterocycles. The van der Waals surface area contributed by atoms with Gasteiger partial charge in [0.25, 0.3) is 0 Å². The van der Waals surface area contributed by atoms with Crippen LogP contribution in [-0.4, -0.2) is 17.7 Å². The van der Waals surface area contributed by atoms with E-state index < -0.39 is 0 Å². The van der Waals surface area contributed by atoms with E-state index in [2.05, 4.69) is 23.2 Å². The minimum Gasteiger partial charge on any atom is -0.376 e. The second-order valence-electron chi connectivity index (χ2n) is 5.23. The number of aromatic nitrogens is 1. The largest absolute Gasteiger partial charge is 0.376 e. The Kier molecular flexibility index (Phi) is 3.49. The Balaban J connectivity index is 1.98. The number of nitrogens with zero attached hydrogens (tertiary/aromatic N) is 1. The predicted octanol–water partition coefficient (Wildman–Crippen LogP) is 3.05. The molecule has 1 saturated carbocycles. The van der Waals surface area contributed by atoms with Gasteiger partial charge in [-0.3, -0.25) is 4.98 Å². The second-order valence-corrected chi connectivity index (χ2v) is 5.23. The molecule has 0 spiro atoms. The molecular formula is C16H20N2O. The topological polar surface area (TPSA) is 48.1 Å². The zero-order chi connectivity index (χ0) is 13.2. The fourth-order valence-electron chi connectivity index (χ4n) is 2.77. The van der Waals surface area contributed by atoms with Gasteiger partial charge in [0.1, 0.15) is 0 Å². The first-order valence-corrected chi connectivity index (χ1v) is 7.01. The first-order chi connectivity index (χ1) is 9.31. The molecule has 3 heteroatoms. The summed E-state index contributed by atoms with van der Waals surface area (Å²) in [5, 5.41) is 2.33. The van der Waals surface area contributed by atoms with Gasteiger partial charge in [0, 0.05) is 24.4 Å². The summed E-state index contributed by atoms with van der Waals surface area (Å²) in [6.45, 7) is 2.76. The van der Waals surface area contributed by atoms with Crippen molar-refractivity contribution in [2.24, 2.45) is 11.7 Å². The number of benzene rings is 1. The van der Waals surface area contributed by atoms with E-state index in [0.717, 1.165) is 12.0 Å². The van der Waals surface area contributed by atoms with Gasteiger partial charge in [0.15, 0.2) is 0 Å². The van der Waals surface area contributed by atoms with Crippen molar-refractivity contribution in [1.82, 2.24) is 4.98 Å². The van der Waals surface area contributed by atoms with Crippen molar-refractivity contribution in [3.8, 4) is 0 Å². The van der Waals surface area contributed by atoms with Gasteiger partial charge in [-0.05, 0) is 42.7 Å². The van der Waals surface area contributed by atoms with Gasteiger partial charge >= 0.3 is 0 Å². The van der Waals surface area contributed by atoms with E-state index in [0.29, 0.717) is 5.92 Å². The van der Waals surface area contributed by atoms with Crippen LogP contribution in [0.5, 0.6) is 0 Å². The monoisotopic (exact) mass is 256 g/mol. The number of hydrogen-bond acceptors (Lipinski definition) is 3. The van der Waals surface area contributed by atoms with Gasteiger partial charge < -0.3 is 10.5 Å². The van der Waals surface area contributed by atoms with Gasteiger partial charge in [-0.2, -0.15) is 0 Å². The summed E-state index contributed by atoms with van der Waals surface area (Å²) in [7, 11) is 0. The Morgan fingerprint density at radius 1 is 1.37 bits per heavy atom. The predicted molar refractivity (Wildman–Crippen MR) is 76.8 cm³/mol. The molecule has 1 aromatic heterocycles. The van der Waals surface area contributed by atoms with Crippen LogP contribution in [0, 0.1) is 5.92 Å². The summed E-state index contributed by atoms with van der Waals surface area (Å²) in [5.41, 5.74) is 7.66. The molecule has 1 fully saturated rings. The highest BCUT2D eigenvalue weighted by Gasteiger charge is 2.36. The van der Waals surface area contributed by atoms with Gasteiger partial charge in [-0.15, -0.1) is 0 Å². The van der Waals surface area contributed by atoms with Crippen LogP contribution in [0.25, 0.3) is 10.8 Å². The first kappa shape index (κ1) is 12.6. The molecule has 1 heterocycles. The molecule has 3 nitrogen and oxygen atoms in total. The molecule has 1 aliphatic carbocycles. The average Bonchev–Trinajstić information content (AvgIpc) is 3.28. The highest BCUT2D eigenvalue weighted by molar-refractivity contribution is 5.85. The van der Waals surface area contributed by atoms with Crippen LogP contribution in [0.15, 0.2) is 36.7 Å². The molecule has 1 aromatic carbocycles. The van der Waals surface area contributed by atoms with Gasteiger partial charge in [-0.25, -0.2) is 0 Å². The lowest BCUT2D eigenvalue weighted by atomic mass is 9.94. The summed E-state index contributed by atoms with van der Waals surface area (Å²) in [4.78, 5) is 4.17. The lowest BCUT2D eigenvalue weighted by molar-refractivity contribution is 0.0286. The van der Waals surface area contributed by atoms with Gasteiger partial charge in [0.2, 0.25) is 0 Å². The highest BCUT2D eigenvalue weighted by Crippen LogP contribution is 2.40. The first-order valence-electron chi connectivity index (χ1n) is 7.01. The molecule has 0 aliphatic heterocycles. The minimum absolute atomic E-state index is 0.0569. The summed E-state index contributed by atoms with van der Waals surface area (Å²) >= 11 is 0. The zero-order valence-corrected chi connectivity index (χ0v) is 11.3.